The molecular weight excluding hydrogens is 559 g/mol. The molecule has 188 valence electrons. The van der Waals surface area contributed by atoms with Crippen molar-refractivity contribution in [2.75, 3.05) is 18.4 Å². The van der Waals surface area contributed by atoms with Crippen molar-refractivity contribution in [3.05, 3.63) is 47.5 Å². The number of piperidine rings is 1. The zero-order valence-corrected chi connectivity index (χ0v) is 22.8. The minimum absolute atomic E-state index is 0.0304. The van der Waals surface area contributed by atoms with Gasteiger partial charge in [0.1, 0.15) is 11.9 Å². The number of rotatable bonds is 5. The number of nitrogens with zero attached hydrogens (tertiary/aromatic N) is 4. The second-order valence-corrected chi connectivity index (χ2v) is 11.1. The minimum atomic E-state index is -0.671. The topological polar surface area (TPSA) is 99.6 Å². The smallest absolute Gasteiger partial charge is 0.330 e. The van der Waals surface area contributed by atoms with Crippen LogP contribution in [0, 0.1) is 12.3 Å². The van der Waals surface area contributed by atoms with E-state index in [1.165, 1.54) is 5.56 Å². The Morgan fingerprint density at radius 2 is 1.83 bits per heavy atom. The number of halogens is 1. The second-order valence-electron chi connectivity index (χ2n) is 10.3. The van der Waals surface area contributed by atoms with E-state index in [-0.39, 0.29) is 18.0 Å². The summed E-state index contributed by atoms with van der Waals surface area (Å²) in [7, 11) is 0. The number of hydrogen-bond donors (Lipinski definition) is 2. The van der Waals surface area contributed by atoms with Crippen LogP contribution in [0.15, 0.2) is 30.5 Å². The Kier molecular flexibility index (Phi) is 7.39. The van der Waals surface area contributed by atoms with E-state index in [4.69, 9.17) is 0 Å². The molecule has 4 rings (SSSR count). The Labute approximate surface area is 219 Å². The summed E-state index contributed by atoms with van der Waals surface area (Å²) in [6.45, 7) is 9.34. The van der Waals surface area contributed by atoms with Crippen LogP contribution in [0.1, 0.15) is 50.7 Å². The lowest BCUT2D eigenvalue weighted by Gasteiger charge is -2.40. The highest BCUT2D eigenvalue weighted by molar-refractivity contribution is 14.1. The lowest BCUT2D eigenvalue weighted by atomic mass is 9.85. The van der Waals surface area contributed by atoms with E-state index >= 15 is 0 Å². The van der Waals surface area contributed by atoms with Gasteiger partial charge in [0.15, 0.2) is 0 Å². The largest absolute Gasteiger partial charge is 0.341 e. The Morgan fingerprint density at radius 3 is 2.40 bits per heavy atom. The van der Waals surface area contributed by atoms with Gasteiger partial charge < -0.3 is 20.4 Å². The van der Waals surface area contributed by atoms with Crippen LogP contribution in [0.25, 0.3) is 0 Å². The van der Waals surface area contributed by atoms with E-state index in [1.54, 1.807) is 10.8 Å². The number of likely N-dealkylation sites (tertiary alicyclic amines) is 1. The molecule has 2 aliphatic rings. The number of benzene rings is 1. The second kappa shape index (κ2) is 10.2. The number of alkyl halides is 1. The molecule has 0 unspecified atom stereocenters. The predicted octanol–water partition coefficient (Wildman–Crippen LogP) is 4.14. The molecule has 1 atom stereocenters. The van der Waals surface area contributed by atoms with Gasteiger partial charge in [-0.05, 0) is 42.9 Å². The van der Waals surface area contributed by atoms with E-state index in [2.05, 4.69) is 38.2 Å². The van der Waals surface area contributed by atoms with Crippen molar-refractivity contribution >= 4 is 46.2 Å². The summed E-state index contributed by atoms with van der Waals surface area (Å²) in [5.74, 6) is 0.615. The van der Waals surface area contributed by atoms with Crippen LogP contribution in [0.4, 0.5) is 15.3 Å². The lowest BCUT2D eigenvalue weighted by molar-refractivity contribution is -0.137. The Morgan fingerprint density at radius 1 is 1.17 bits per heavy atom. The van der Waals surface area contributed by atoms with Crippen molar-refractivity contribution in [3.63, 3.8) is 0 Å². The van der Waals surface area contributed by atoms with Gasteiger partial charge in [-0.15, -0.1) is 0 Å². The number of anilines is 1. The van der Waals surface area contributed by atoms with Gasteiger partial charge >= 0.3 is 12.1 Å². The third kappa shape index (κ3) is 5.46. The fraction of sp³-hybridized carbons (Fsp3) is 0.520. The number of carbonyl (C=O) groups excluding carboxylic acids is 3. The lowest BCUT2D eigenvalue weighted by Crippen LogP contribution is -2.57. The van der Waals surface area contributed by atoms with Crippen molar-refractivity contribution in [1.29, 1.82) is 0 Å². The van der Waals surface area contributed by atoms with Gasteiger partial charge in [-0.25, -0.2) is 14.6 Å². The number of aryl methyl sites for hydroxylation is 1. The molecule has 0 saturated carbocycles. The Hall–Kier alpha value is -2.63. The average molecular weight is 592 g/mol. The zero-order chi connectivity index (χ0) is 25.3. The Balaban J connectivity index is 1.35. The number of urea groups is 1. The van der Waals surface area contributed by atoms with Gasteiger partial charge in [0, 0.05) is 29.2 Å². The molecular formula is C25H33IN6O3. The molecule has 2 aliphatic heterocycles. The van der Waals surface area contributed by atoms with Gasteiger partial charge in [-0.2, -0.15) is 0 Å². The maximum Gasteiger partial charge on any atom is 0.330 e. The van der Waals surface area contributed by atoms with Crippen molar-refractivity contribution in [2.24, 2.45) is 5.41 Å². The molecule has 0 radical (unpaired) electrons. The van der Waals surface area contributed by atoms with E-state index in [1.807, 2.05) is 61.8 Å². The molecule has 10 heteroatoms. The summed E-state index contributed by atoms with van der Waals surface area (Å²) in [5, 5.41) is 5.74. The quantitative estimate of drug-likeness (QED) is 0.403. The molecule has 1 aromatic heterocycles. The normalized spacial score (nSPS) is 17.3. The molecule has 1 fully saturated rings. The fourth-order valence-electron chi connectivity index (χ4n) is 4.72. The van der Waals surface area contributed by atoms with Gasteiger partial charge in [0.05, 0.1) is 18.4 Å². The summed E-state index contributed by atoms with van der Waals surface area (Å²) >= 11 is 2.29. The molecule has 4 amide bonds. The zero-order valence-electron chi connectivity index (χ0n) is 20.7. The van der Waals surface area contributed by atoms with Crippen LogP contribution in [-0.2, 0) is 15.8 Å². The number of nitrogens with one attached hydrogen (secondary N) is 2. The molecule has 9 nitrogen and oxygen atoms in total. The third-order valence-corrected chi connectivity index (χ3v) is 7.63. The number of fused-ring (bicyclic) bond motifs is 1. The molecule has 35 heavy (non-hydrogen) atoms. The summed E-state index contributed by atoms with van der Waals surface area (Å²) in [6, 6.07) is 6.65. The number of hydrogen-bond acceptors (Lipinski definition) is 4. The number of imidazole rings is 1. The molecule has 1 aromatic carbocycles. The summed E-state index contributed by atoms with van der Waals surface area (Å²) in [4.78, 5) is 47.0. The molecule has 2 aromatic rings. The first-order chi connectivity index (χ1) is 16.6. The maximum atomic E-state index is 13.5. The highest BCUT2D eigenvalue weighted by atomic mass is 127. The standard InChI is InChI=1S/C25H33IN6O3/c1-16-27-14-20-15-31(24(35)32(16)20)19-9-11-30(12-10-19)22(33)21(25(2,3)4)29-23(34)28-18-7-5-17(13-26)6-8-18/h5-8,14,19,21H,9-13,15H2,1-4H3,(H2,28,29,34)/t21-/m0/s1. The highest BCUT2D eigenvalue weighted by Crippen LogP contribution is 2.28. The van der Waals surface area contributed by atoms with E-state index in [9.17, 15) is 14.4 Å². The van der Waals surface area contributed by atoms with Gasteiger partial charge in [-0.3, -0.25) is 9.36 Å². The van der Waals surface area contributed by atoms with Crippen LogP contribution in [0.5, 0.6) is 0 Å². The van der Waals surface area contributed by atoms with Gasteiger partial charge in [0.25, 0.3) is 0 Å². The summed E-state index contributed by atoms with van der Waals surface area (Å²) in [5.41, 5.74) is 2.31. The molecule has 0 bridgehead atoms. The van der Waals surface area contributed by atoms with Crippen LogP contribution in [-0.4, -0.2) is 62.5 Å². The van der Waals surface area contributed by atoms with Crippen LogP contribution < -0.4 is 10.6 Å². The number of amides is 4. The number of carbonyl (C=O) groups is 3. The van der Waals surface area contributed by atoms with Gasteiger partial charge in [0.2, 0.25) is 5.91 Å². The van der Waals surface area contributed by atoms with Gasteiger partial charge in [-0.1, -0.05) is 55.5 Å². The SMILES string of the molecule is Cc1ncc2n1C(=O)N(C1CCN(C(=O)[C@H](NC(=O)Nc3ccc(CI)cc3)C(C)(C)C)CC1)C2. The molecule has 0 aliphatic carbocycles. The fourth-order valence-corrected chi connectivity index (χ4v) is 5.23. The van der Waals surface area contributed by atoms with Crippen molar-refractivity contribution in [1.82, 2.24) is 24.7 Å². The summed E-state index contributed by atoms with van der Waals surface area (Å²) < 4.78 is 2.57. The molecule has 3 heterocycles. The molecule has 2 N–H and O–H groups in total. The van der Waals surface area contributed by atoms with E-state index in [0.29, 0.717) is 44.0 Å². The van der Waals surface area contributed by atoms with Crippen molar-refractivity contribution in [3.8, 4) is 0 Å². The van der Waals surface area contributed by atoms with Crippen LogP contribution in [0.2, 0.25) is 0 Å². The van der Waals surface area contributed by atoms with E-state index in [0.717, 1.165) is 10.1 Å². The predicted molar refractivity (Wildman–Crippen MR) is 142 cm³/mol. The minimum Gasteiger partial charge on any atom is -0.341 e. The van der Waals surface area contributed by atoms with Crippen LogP contribution in [0.3, 0.4) is 0 Å². The summed E-state index contributed by atoms with van der Waals surface area (Å²) in [6.07, 6.45) is 3.18. The molecule has 1 saturated heterocycles. The van der Waals surface area contributed by atoms with Crippen LogP contribution >= 0.6 is 22.6 Å². The van der Waals surface area contributed by atoms with Crippen molar-refractivity contribution in [2.45, 2.75) is 63.6 Å². The first-order valence-electron chi connectivity index (χ1n) is 11.9. The third-order valence-electron chi connectivity index (χ3n) is 6.75. The first-order valence-corrected chi connectivity index (χ1v) is 13.5. The van der Waals surface area contributed by atoms with Crippen molar-refractivity contribution < 1.29 is 14.4 Å². The molecule has 0 spiro atoms. The maximum absolute atomic E-state index is 13.5. The Bertz CT molecular complexity index is 1100. The van der Waals surface area contributed by atoms with E-state index < -0.39 is 17.5 Å². The average Bonchev–Trinajstić information content (AvgIpc) is 3.36. The highest BCUT2D eigenvalue weighted by Gasteiger charge is 2.40. The first kappa shape index (κ1) is 25.5. The monoisotopic (exact) mass is 592 g/mol. The number of aromatic nitrogens is 2.